The Balaban J connectivity index is 1.95. The highest BCUT2D eigenvalue weighted by Crippen LogP contribution is 2.17. The molecule has 2 aromatic carbocycles. The molecule has 0 saturated carbocycles. The van der Waals surface area contributed by atoms with Gasteiger partial charge in [0.15, 0.2) is 0 Å². The van der Waals surface area contributed by atoms with Gasteiger partial charge in [0.05, 0.1) is 4.90 Å². The summed E-state index contributed by atoms with van der Waals surface area (Å²) in [5, 5.41) is 2.72. The lowest BCUT2D eigenvalue weighted by atomic mass is 10.2. The summed E-state index contributed by atoms with van der Waals surface area (Å²) in [6.45, 7) is 3.88. The normalized spacial score (nSPS) is 12.1. The number of hydrogen-bond acceptors (Lipinski definition) is 3. The van der Waals surface area contributed by atoms with Crippen molar-refractivity contribution in [1.82, 2.24) is 9.62 Å². The Morgan fingerprint density at radius 1 is 1.11 bits per heavy atom. The molecule has 0 aliphatic rings. The van der Waals surface area contributed by atoms with Gasteiger partial charge in [0, 0.05) is 25.7 Å². The van der Waals surface area contributed by atoms with Crippen molar-refractivity contribution in [2.45, 2.75) is 31.3 Å². The number of halogens is 1. The number of benzene rings is 2. The zero-order valence-electron chi connectivity index (χ0n) is 15.5. The molecule has 0 radical (unpaired) electrons. The third-order valence-electron chi connectivity index (χ3n) is 4.09. The Hall–Kier alpha value is -2.51. The molecule has 0 aromatic heterocycles. The van der Waals surface area contributed by atoms with Gasteiger partial charge in [-0.2, -0.15) is 4.31 Å². The van der Waals surface area contributed by atoms with Crippen LogP contribution in [0.3, 0.4) is 0 Å². The quantitative estimate of drug-likeness (QED) is 0.739. The van der Waals surface area contributed by atoms with Gasteiger partial charge < -0.3 is 5.32 Å². The SMILES string of the molecule is CC(C)N(C)S(=O)(=O)c1ccc(CNC(=O)C=Cc2ccc(F)cc2)cc1. The molecule has 2 rings (SSSR count). The van der Waals surface area contributed by atoms with E-state index in [0.717, 1.165) is 11.1 Å². The molecule has 1 amide bonds. The number of nitrogens with one attached hydrogen (secondary N) is 1. The highest BCUT2D eigenvalue weighted by atomic mass is 32.2. The van der Waals surface area contributed by atoms with E-state index in [1.54, 1.807) is 51.2 Å². The van der Waals surface area contributed by atoms with Crippen molar-refractivity contribution in [3.8, 4) is 0 Å². The zero-order chi connectivity index (χ0) is 20.0. The molecule has 0 spiro atoms. The molecule has 27 heavy (non-hydrogen) atoms. The summed E-state index contributed by atoms with van der Waals surface area (Å²) in [5.74, 6) is -0.628. The first-order chi connectivity index (χ1) is 12.7. The van der Waals surface area contributed by atoms with E-state index in [1.807, 2.05) is 0 Å². The van der Waals surface area contributed by atoms with Crippen LogP contribution in [0.25, 0.3) is 6.08 Å². The highest BCUT2D eigenvalue weighted by Gasteiger charge is 2.22. The monoisotopic (exact) mass is 390 g/mol. The first-order valence-corrected chi connectivity index (χ1v) is 9.92. The zero-order valence-corrected chi connectivity index (χ0v) is 16.3. The van der Waals surface area contributed by atoms with E-state index in [4.69, 9.17) is 0 Å². The average molecular weight is 390 g/mol. The van der Waals surface area contributed by atoms with Crippen molar-refractivity contribution in [3.63, 3.8) is 0 Å². The van der Waals surface area contributed by atoms with Gasteiger partial charge >= 0.3 is 0 Å². The van der Waals surface area contributed by atoms with E-state index in [9.17, 15) is 17.6 Å². The van der Waals surface area contributed by atoms with Crippen molar-refractivity contribution in [3.05, 3.63) is 71.6 Å². The molecule has 0 saturated heterocycles. The van der Waals surface area contributed by atoms with E-state index < -0.39 is 10.0 Å². The van der Waals surface area contributed by atoms with Crippen molar-refractivity contribution in [2.24, 2.45) is 0 Å². The fraction of sp³-hybridized carbons (Fsp3) is 0.250. The summed E-state index contributed by atoms with van der Waals surface area (Å²) in [6.07, 6.45) is 2.95. The lowest BCUT2D eigenvalue weighted by Crippen LogP contribution is -2.33. The minimum atomic E-state index is -3.52. The maximum Gasteiger partial charge on any atom is 0.244 e. The fourth-order valence-electron chi connectivity index (χ4n) is 2.22. The Bertz CT molecular complexity index is 905. The summed E-state index contributed by atoms with van der Waals surface area (Å²) in [5.41, 5.74) is 1.50. The summed E-state index contributed by atoms with van der Waals surface area (Å²) >= 11 is 0. The third kappa shape index (κ3) is 5.74. The lowest BCUT2D eigenvalue weighted by Gasteiger charge is -2.21. The number of nitrogens with zero attached hydrogens (tertiary/aromatic N) is 1. The molecular weight excluding hydrogens is 367 g/mol. The fourth-order valence-corrected chi connectivity index (χ4v) is 3.58. The van der Waals surface area contributed by atoms with Crippen LogP contribution < -0.4 is 5.32 Å². The summed E-state index contributed by atoms with van der Waals surface area (Å²) < 4.78 is 39.0. The molecule has 5 nitrogen and oxygen atoms in total. The van der Waals surface area contributed by atoms with Gasteiger partial charge in [-0.15, -0.1) is 0 Å². The van der Waals surface area contributed by atoms with Gasteiger partial charge in [0.2, 0.25) is 15.9 Å². The van der Waals surface area contributed by atoms with E-state index in [2.05, 4.69) is 5.32 Å². The Labute approximate surface area is 159 Å². The number of amides is 1. The molecule has 2 aromatic rings. The highest BCUT2D eigenvalue weighted by molar-refractivity contribution is 7.89. The second-order valence-electron chi connectivity index (χ2n) is 6.36. The summed E-state index contributed by atoms with van der Waals surface area (Å²) in [7, 11) is -1.98. The predicted molar refractivity (Wildman–Crippen MR) is 104 cm³/mol. The van der Waals surface area contributed by atoms with Crippen LogP contribution in [0.2, 0.25) is 0 Å². The third-order valence-corrected chi connectivity index (χ3v) is 6.14. The molecule has 0 bridgehead atoms. The van der Waals surface area contributed by atoms with E-state index in [1.165, 1.54) is 34.6 Å². The maximum absolute atomic E-state index is 12.8. The van der Waals surface area contributed by atoms with Gasteiger partial charge in [0.1, 0.15) is 5.82 Å². The van der Waals surface area contributed by atoms with Crippen LogP contribution in [0.5, 0.6) is 0 Å². The Kier molecular flexibility index (Phi) is 6.87. The number of rotatable bonds is 7. The van der Waals surface area contributed by atoms with E-state index in [-0.39, 0.29) is 29.2 Å². The molecule has 144 valence electrons. The molecule has 0 atom stereocenters. The van der Waals surface area contributed by atoms with Crippen LogP contribution in [0.4, 0.5) is 4.39 Å². The van der Waals surface area contributed by atoms with E-state index >= 15 is 0 Å². The molecule has 0 unspecified atom stereocenters. The molecule has 0 aliphatic heterocycles. The van der Waals surface area contributed by atoms with Crippen LogP contribution >= 0.6 is 0 Å². The van der Waals surface area contributed by atoms with Gasteiger partial charge in [-0.25, -0.2) is 12.8 Å². The number of hydrogen-bond donors (Lipinski definition) is 1. The molecule has 7 heteroatoms. The first-order valence-electron chi connectivity index (χ1n) is 8.48. The molecular formula is C20H23FN2O3S. The smallest absolute Gasteiger partial charge is 0.244 e. The molecule has 0 heterocycles. The van der Waals surface area contributed by atoms with Crippen LogP contribution in [0.1, 0.15) is 25.0 Å². The molecule has 0 fully saturated rings. The minimum Gasteiger partial charge on any atom is -0.348 e. The maximum atomic E-state index is 12.8. The van der Waals surface area contributed by atoms with Gasteiger partial charge in [-0.05, 0) is 55.3 Å². The average Bonchev–Trinajstić information content (AvgIpc) is 2.65. The summed E-state index contributed by atoms with van der Waals surface area (Å²) in [4.78, 5) is 12.1. The topological polar surface area (TPSA) is 66.5 Å². The lowest BCUT2D eigenvalue weighted by molar-refractivity contribution is -0.116. The van der Waals surface area contributed by atoms with Gasteiger partial charge in [-0.1, -0.05) is 24.3 Å². The van der Waals surface area contributed by atoms with Crippen LogP contribution in [-0.2, 0) is 21.4 Å². The Morgan fingerprint density at radius 2 is 1.70 bits per heavy atom. The predicted octanol–water partition coefficient (Wildman–Crippen LogP) is 3.18. The van der Waals surface area contributed by atoms with Gasteiger partial charge in [0.25, 0.3) is 0 Å². The first kappa shape index (κ1) is 20.8. The van der Waals surface area contributed by atoms with Crippen LogP contribution in [0, 0.1) is 5.82 Å². The standard InChI is InChI=1S/C20H23FN2O3S/c1-15(2)23(3)27(25,26)19-11-6-17(7-12-19)14-22-20(24)13-8-16-4-9-18(21)10-5-16/h4-13,15H,14H2,1-3H3,(H,22,24). The number of sulfonamides is 1. The summed E-state index contributed by atoms with van der Waals surface area (Å²) in [6, 6.07) is 12.1. The van der Waals surface area contributed by atoms with Crippen molar-refractivity contribution in [2.75, 3.05) is 7.05 Å². The van der Waals surface area contributed by atoms with Gasteiger partial charge in [-0.3, -0.25) is 4.79 Å². The second-order valence-corrected chi connectivity index (χ2v) is 8.36. The van der Waals surface area contributed by atoms with Crippen LogP contribution in [0.15, 0.2) is 59.5 Å². The number of carbonyl (C=O) groups excluding carboxylic acids is 1. The van der Waals surface area contributed by atoms with Crippen molar-refractivity contribution in [1.29, 1.82) is 0 Å². The molecule has 0 aliphatic carbocycles. The van der Waals surface area contributed by atoms with Crippen molar-refractivity contribution >= 4 is 22.0 Å². The minimum absolute atomic E-state index is 0.137. The van der Waals surface area contributed by atoms with Crippen molar-refractivity contribution < 1.29 is 17.6 Å². The second kappa shape index (κ2) is 8.92. The Morgan fingerprint density at radius 3 is 2.26 bits per heavy atom. The number of carbonyl (C=O) groups is 1. The largest absolute Gasteiger partial charge is 0.348 e. The molecule has 1 N–H and O–H groups in total. The van der Waals surface area contributed by atoms with E-state index in [0.29, 0.717) is 0 Å². The van der Waals surface area contributed by atoms with Crippen LogP contribution in [-0.4, -0.2) is 31.7 Å².